The normalized spacial score (nSPS) is 12.4. The Labute approximate surface area is 117 Å². The van der Waals surface area contributed by atoms with Gasteiger partial charge in [-0.25, -0.2) is 0 Å². The van der Waals surface area contributed by atoms with Crippen LogP contribution in [0.2, 0.25) is 5.02 Å². The highest BCUT2D eigenvalue weighted by atomic mass is 35.5. The Kier molecular flexibility index (Phi) is 4.39. The van der Waals surface area contributed by atoms with Gasteiger partial charge < -0.3 is 15.1 Å². The van der Waals surface area contributed by atoms with Gasteiger partial charge in [0.2, 0.25) is 5.89 Å². The minimum Gasteiger partial charge on any atom is -0.406 e. The first-order valence-corrected chi connectivity index (χ1v) is 6.58. The van der Waals surface area contributed by atoms with Crippen molar-refractivity contribution in [2.75, 3.05) is 11.9 Å². The fourth-order valence-electron chi connectivity index (χ4n) is 1.70. The summed E-state index contributed by atoms with van der Waals surface area (Å²) in [6.07, 6.45) is 0. The van der Waals surface area contributed by atoms with Crippen LogP contribution in [0.15, 0.2) is 22.6 Å². The molecule has 2 aromatic rings. The summed E-state index contributed by atoms with van der Waals surface area (Å²) in [4.78, 5) is 0. The molecule has 102 valence electrons. The molecule has 0 saturated carbocycles. The van der Waals surface area contributed by atoms with Crippen molar-refractivity contribution in [1.29, 1.82) is 0 Å². The van der Waals surface area contributed by atoms with E-state index in [1.54, 1.807) is 0 Å². The molecule has 1 aromatic carbocycles. The number of hydrogen-bond acceptors (Lipinski definition) is 5. The maximum Gasteiger partial charge on any atom is 0.320 e. The first kappa shape index (κ1) is 13.8. The minimum absolute atomic E-state index is 0.0357. The highest BCUT2D eigenvalue weighted by Crippen LogP contribution is 2.24. The van der Waals surface area contributed by atoms with Gasteiger partial charge in [-0.3, -0.25) is 0 Å². The zero-order chi connectivity index (χ0) is 13.8. The Morgan fingerprint density at radius 3 is 2.89 bits per heavy atom. The number of rotatable bonds is 5. The van der Waals surface area contributed by atoms with E-state index < -0.39 is 0 Å². The van der Waals surface area contributed by atoms with Gasteiger partial charge in [0.15, 0.2) is 0 Å². The molecule has 0 amide bonds. The van der Waals surface area contributed by atoms with E-state index in [1.807, 2.05) is 39.0 Å². The van der Waals surface area contributed by atoms with Crippen molar-refractivity contribution in [2.45, 2.75) is 26.8 Å². The summed E-state index contributed by atoms with van der Waals surface area (Å²) in [6, 6.07) is 6.00. The van der Waals surface area contributed by atoms with Gasteiger partial charge in [0.1, 0.15) is 0 Å². The second-order valence-corrected chi connectivity index (χ2v) is 4.75. The number of nitrogens with zero attached hydrogens (tertiary/aromatic N) is 2. The molecule has 0 aliphatic heterocycles. The number of nitrogens with one attached hydrogen (secondary N) is 2. The number of halogens is 1. The minimum atomic E-state index is 0.0357. The summed E-state index contributed by atoms with van der Waals surface area (Å²) in [5.74, 6) is 0.559. The summed E-state index contributed by atoms with van der Waals surface area (Å²) in [5, 5.41) is 14.9. The van der Waals surface area contributed by atoms with Gasteiger partial charge in [0, 0.05) is 10.7 Å². The van der Waals surface area contributed by atoms with Gasteiger partial charge in [-0.15, -0.1) is 5.10 Å². The lowest BCUT2D eigenvalue weighted by molar-refractivity contribution is 0.430. The van der Waals surface area contributed by atoms with Crippen molar-refractivity contribution in [3.8, 4) is 0 Å². The number of hydrogen-bond donors (Lipinski definition) is 2. The van der Waals surface area contributed by atoms with Crippen LogP contribution < -0.4 is 10.6 Å². The van der Waals surface area contributed by atoms with Crippen LogP contribution >= 0.6 is 11.6 Å². The van der Waals surface area contributed by atoms with E-state index in [2.05, 4.69) is 20.8 Å². The molecule has 19 heavy (non-hydrogen) atoms. The summed E-state index contributed by atoms with van der Waals surface area (Å²) in [6.45, 7) is 6.84. The van der Waals surface area contributed by atoms with Crippen LogP contribution in [-0.2, 0) is 0 Å². The third-order valence-corrected chi connectivity index (χ3v) is 3.00. The molecule has 6 heteroatoms. The van der Waals surface area contributed by atoms with Crippen LogP contribution in [0.1, 0.15) is 31.3 Å². The molecule has 0 radical (unpaired) electrons. The van der Waals surface area contributed by atoms with Gasteiger partial charge in [-0.1, -0.05) is 29.7 Å². The Balaban J connectivity index is 2.13. The molecule has 1 atom stereocenters. The SMILES string of the molecule is CCNC(C)c1nnc(Nc2cc(Cl)ccc2C)o1. The van der Waals surface area contributed by atoms with Gasteiger partial charge in [-0.05, 0) is 38.1 Å². The highest BCUT2D eigenvalue weighted by molar-refractivity contribution is 6.30. The number of benzene rings is 1. The van der Waals surface area contributed by atoms with E-state index in [9.17, 15) is 0 Å². The number of aromatic nitrogens is 2. The summed E-state index contributed by atoms with van der Waals surface area (Å²) in [5.41, 5.74) is 1.92. The van der Waals surface area contributed by atoms with Crippen LogP contribution in [-0.4, -0.2) is 16.7 Å². The monoisotopic (exact) mass is 280 g/mol. The molecular weight excluding hydrogens is 264 g/mol. The second-order valence-electron chi connectivity index (χ2n) is 4.31. The lowest BCUT2D eigenvalue weighted by Crippen LogP contribution is -2.17. The molecule has 0 saturated heterocycles. The fraction of sp³-hybridized carbons (Fsp3) is 0.385. The van der Waals surface area contributed by atoms with E-state index in [0.29, 0.717) is 16.9 Å². The van der Waals surface area contributed by atoms with Gasteiger partial charge in [0.25, 0.3) is 0 Å². The lowest BCUT2D eigenvalue weighted by atomic mass is 10.2. The maximum atomic E-state index is 5.96. The molecule has 0 bridgehead atoms. The molecule has 0 aliphatic rings. The largest absolute Gasteiger partial charge is 0.406 e. The maximum absolute atomic E-state index is 5.96. The quantitative estimate of drug-likeness (QED) is 0.878. The highest BCUT2D eigenvalue weighted by Gasteiger charge is 2.13. The van der Waals surface area contributed by atoms with Crippen molar-refractivity contribution in [2.24, 2.45) is 0 Å². The molecule has 0 aliphatic carbocycles. The predicted octanol–water partition coefficient (Wildman–Crippen LogP) is 3.45. The third kappa shape index (κ3) is 3.45. The molecule has 1 aromatic heterocycles. The number of anilines is 2. The molecule has 2 rings (SSSR count). The molecule has 0 spiro atoms. The van der Waals surface area contributed by atoms with Crippen LogP contribution in [0.25, 0.3) is 0 Å². The fourth-order valence-corrected chi connectivity index (χ4v) is 1.87. The smallest absolute Gasteiger partial charge is 0.320 e. The van der Waals surface area contributed by atoms with Crippen molar-refractivity contribution >= 4 is 23.3 Å². The lowest BCUT2D eigenvalue weighted by Gasteiger charge is -2.07. The van der Waals surface area contributed by atoms with E-state index >= 15 is 0 Å². The van der Waals surface area contributed by atoms with Crippen LogP contribution in [0.3, 0.4) is 0 Å². The van der Waals surface area contributed by atoms with E-state index in [4.69, 9.17) is 16.0 Å². The summed E-state index contributed by atoms with van der Waals surface area (Å²) in [7, 11) is 0. The zero-order valence-electron chi connectivity index (χ0n) is 11.2. The van der Waals surface area contributed by atoms with E-state index in [1.165, 1.54) is 0 Å². The average molecular weight is 281 g/mol. The molecular formula is C13H17ClN4O. The second kappa shape index (κ2) is 6.04. The van der Waals surface area contributed by atoms with Gasteiger partial charge >= 0.3 is 6.01 Å². The van der Waals surface area contributed by atoms with Crippen molar-refractivity contribution in [3.63, 3.8) is 0 Å². The first-order chi connectivity index (χ1) is 9.10. The topological polar surface area (TPSA) is 63.0 Å². The third-order valence-electron chi connectivity index (χ3n) is 2.76. The first-order valence-electron chi connectivity index (χ1n) is 6.20. The molecule has 0 fully saturated rings. The van der Waals surface area contributed by atoms with Gasteiger partial charge in [0.05, 0.1) is 6.04 Å². The van der Waals surface area contributed by atoms with Crippen LogP contribution in [0.5, 0.6) is 0 Å². The van der Waals surface area contributed by atoms with Crippen molar-refractivity contribution in [3.05, 3.63) is 34.7 Å². The molecule has 2 N–H and O–H groups in total. The number of aryl methyl sites for hydroxylation is 1. The summed E-state index contributed by atoms with van der Waals surface area (Å²) < 4.78 is 5.56. The average Bonchev–Trinajstić information content (AvgIpc) is 2.83. The van der Waals surface area contributed by atoms with Crippen molar-refractivity contribution < 1.29 is 4.42 Å². The molecule has 1 heterocycles. The summed E-state index contributed by atoms with van der Waals surface area (Å²) >= 11 is 5.96. The van der Waals surface area contributed by atoms with E-state index in [-0.39, 0.29) is 6.04 Å². The Hall–Kier alpha value is -1.59. The van der Waals surface area contributed by atoms with E-state index in [0.717, 1.165) is 17.8 Å². The predicted molar refractivity (Wildman–Crippen MR) is 75.9 cm³/mol. The Bertz CT molecular complexity index is 555. The zero-order valence-corrected chi connectivity index (χ0v) is 12.0. The van der Waals surface area contributed by atoms with Crippen LogP contribution in [0.4, 0.5) is 11.7 Å². The van der Waals surface area contributed by atoms with Crippen LogP contribution in [0, 0.1) is 6.92 Å². The van der Waals surface area contributed by atoms with Gasteiger partial charge in [-0.2, -0.15) is 0 Å². The van der Waals surface area contributed by atoms with Crippen molar-refractivity contribution in [1.82, 2.24) is 15.5 Å². The standard InChI is InChI=1S/C13H17ClN4O/c1-4-15-9(3)12-17-18-13(19-12)16-11-7-10(14)6-5-8(11)2/h5-7,9,15H,4H2,1-3H3,(H,16,18). The molecule has 1 unspecified atom stereocenters. The molecule has 5 nitrogen and oxygen atoms in total. The Morgan fingerprint density at radius 1 is 1.37 bits per heavy atom. The Morgan fingerprint density at radius 2 is 2.16 bits per heavy atom.